The Labute approximate surface area is 186 Å². The number of hydrogen-bond donors (Lipinski definition) is 0. The number of carbonyl (C=O) groups is 2. The van der Waals surface area contributed by atoms with Crippen molar-refractivity contribution in [2.24, 2.45) is 0 Å². The van der Waals surface area contributed by atoms with Gasteiger partial charge in [-0.25, -0.2) is 4.90 Å². The van der Waals surface area contributed by atoms with Crippen LogP contribution in [-0.4, -0.2) is 34.8 Å². The van der Waals surface area contributed by atoms with Crippen molar-refractivity contribution in [3.05, 3.63) is 101 Å². The maximum absolute atomic E-state index is 13.6. The molecule has 2 heterocycles. The number of rotatable bonds is 7. The second kappa shape index (κ2) is 9.14. The molecule has 3 aromatic rings. The van der Waals surface area contributed by atoms with Gasteiger partial charge in [0, 0.05) is 25.5 Å². The molecule has 0 saturated heterocycles. The van der Waals surface area contributed by atoms with Crippen LogP contribution in [0.2, 0.25) is 5.02 Å². The molecule has 0 radical (unpaired) electrons. The summed E-state index contributed by atoms with van der Waals surface area (Å²) in [7, 11) is 0. The van der Waals surface area contributed by atoms with Crippen molar-refractivity contribution in [2.45, 2.75) is 13.3 Å². The zero-order valence-corrected chi connectivity index (χ0v) is 17.9. The smallest absolute Gasteiger partial charge is 0.282 e. The van der Waals surface area contributed by atoms with E-state index in [0.717, 1.165) is 12.0 Å². The summed E-state index contributed by atoms with van der Waals surface area (Å²) >= 11 is 6.35. The van der Waals surface area contributed by atoms with Gasteiger partial charge in [-0.2, -0.15) is 0 Å². The van der Waals surface area contributed by atoms with Crippen LogP contribution in [0.4, 0.5) is 5.69 Å². The SMILES string of the molecule is CCN(CCc1ccncc1)C1=C(c2ccccc2)C(=O)N(c2ccccc2Cl)C1=O. The van der Waals surface area contributed by atoms with Crippen molar-refractivity contribution in [3.63, 3.8) is 0 Å². The van der Waals surface area contributed by atoms with Gasteiger partial charge in [-0.1, -0.05) is 54.1 Å². The molecule has 31 heavy (non-hydrogen) atoms. The number of benzene rings is 2. The van der Waals surface area contributed by atoms with Gasteiger partial charge in [0.2, 0.25) is 0 Å². The van der Waals surface area contributed by atoms with Gasteiger partial charge in [0.05, 0.1) is 16.3 Å². The zero-order valence-electron chi connectivity index (χ0n) is 17.2. The van der Waals surface area contributed by atoms with Gasteiger partial charge in [-0.15, -0.1) is 0 Å². The Morgan fingerprint density at radius 1 is 0.903 bits per heavy atom. The van der Waals surface area contributed by atoms with Crippen molar-refractivity contribution >= 4 is 34.7 Å². The first kappa shape index (κ1) is 20.8. The van der Waals surface area contributed by atoms with Gasteiger partial charge in [0.1, 0.15) is 5.70 Å². The van der Waals surface area contributed by atoms with Crippen LogP contribution >= 0.6 is 11.6 Å². The van der Waals surface area contributed by atoms with Crippen molar-refractivity contribution in [1.29, 1.82) is 0 Å². The first-order valence-electron chi connectivity index (χ1n) is 10.2. The molecule has 156 valence electrons. The van der Waals surface area contributed by atoms with Gasteiger partial charge in [0.25, 0.3) is 11.8 Å². The fourth-order valence-corrected chi connectivity index (χ4v) is 3.99. The summed E-state index contributed by atoms with van der Waals surface area (Å²) < 4.78 is 0. The van der Waals surface area contributed by atoms with Gasteiger partial charge in [-0.3, -0.25) is 14.6 Å². The monoisotopic (exact) mass is 431 g/mol. The molecule has 0 fully saturated rings. The second-order valence-corrected chi connectivity index (χ2v) is 7.58. The molecule has 0 saturated carbocycles. The number of pyridine rings is 1. The normalized spacial score (nSPS) is 13.8. The van der Waals surface area contributed by atoms with E-state index in [9.17, 15) is 9.59 Å². The van der Waals surface area contributed by atoms with Crippen LogP contribution in [0.25, 0.3) is 5.57 Å². The van der Waals surface area contributed by atoms with E-state index in [-0.39, 0.29) is 11.8 Å². The van der Waals surface area contributed by atoms with Crippen molar-refractivity contribution in [3.8, 4) is 0 Å². The predicted octanol–water partition coefficient (Wildman–Crippen LogP) is 4.58. The quantitative estimate of drug-likeness (QED) is 0.514. The third-order valence-electron chi connectivity index (χ3n) is 5.33. The minimum absolute atomic E-state index is 0.353. The first-order chi connectivity index (χ1) is 15.1. The maximum atomic E-state index is 13.6. The van der Waals surface area contributed by atoms with E-state index in [1.54, 1.807) is 36.7 Å². The molecule has 2 aromatic carbocycles. The summed E-state index contributed by atoms with van der Waals surface area (Å²) in [6.07, 6.45) is 4.24. The molecule has 0 unspecified atom stereocenters. The Balaban J connectivity index is 1.76. The summed E-state index contributed by atoms with van der Waals surface area (Å²) in [6, 6.07) is 20.1. The van der Waals surface area contributed by atoms with Crippen molar-refractivity contribution in [2.75, 3.05) is 18.0 Å². The highest BCUT2D eigenvalue weighted by Crippen LogP contribution is 2.37. The molecular formula is C25H22ClN3O2. The Kier molecular flexibility index (Phi) is 6.14. The molecular weight excluding hydrogens is 410 g/mol. The number of aromatic nitrogens is 1. The molecule has 0 N–H and O–H groups in total. The van der Waals surface area contributed by atoms with Gasteiger partial charge in [-0.05, 0) is 48.7 Å². The van der Waals surface area contributed by atoms with Crippen LogP contribution in [0.5, 0.6) is 0 Å². The van der Waals surface area contributed by atoms with E-state index >= 15 is 0 Å². The van der Waals surface area contributed by atoms with Crippen LogP contribution in [0.15, 0.2) is 84.8 Å². The number of halogens is 1. The van der Waals surface area contributed by atoms with Crippen LogP contribution in [0, 0.1) is 0 Å². The summed E-state index contributed by atoms with van der Waals surface area (Å²) in [5, 5.41) is 0.359. The molecule has 1 aliphatic heterocycles. The number of carbonyl (C=O) groups excluding carboxylic acids is 2. The van der Waals surface area contributed by atoms with E-state index in [0.29, 0.717) is 40.6 Å². The van der Waals surface area contributed by atoms with Gasteiger partial charge in [0.15, 0.2) is 0 Å². The lowest BCUT2D eigenvalue weighted by Gasteiger charge is -2.25. The topological polar surface area (TPSA) is 53.5 Å². The standard InChI is InChI=1S/C25H22ClN3O2/c1-2-28(17-14-18-12-15-27-16-13-18)23-22(19-8-4-3-5-9-19)24(30)29(25(23)31)21-11-7-6-10-20(21)26/h3-13,15-16H,2,14,17H2,1H3. The molecule has 5 nitrogen and oxygen atoms in total. The molecule has 0 aliphatic carbocycles. The van der Waals surface area contributed by atoms with Crippen molar-refractivity contribution in [1.82, 2.24) is 9.88 Å². The molecule has 2 amide bonds. The van der Waals surface area contributed by atoms with Gasteiger partial charge < -0.3 is 4.90 Å². The van der Waals surface area contributed by atoms with E-state index in [1.165, 1.54) is 4.90 Å². The Hall–Kier alpha value is -3.44. The van der Waals surface area contributed by atoms with Gasteiger partial charge >= 0.3 is 0 Å². The highest BCUT2D eigenvalue weighted by atomic mass is 35.5. The molecule has 4 rings (SSSR count). The summed E-state index contributed by atoms with van der Waals surface area (Å²) in [5.41, 5.74) is 3.05. The fraction of sp³-hybridized carbons (Fsp3) is 0.160. The molecule has 6 heteroatoms. The number of hydrogen-bond acceptors (Lipinski definition) is 4. The average Bonchev–Trinajstić information content (AvgIpc) is 3.06. The lowest BCUT2D eigenvalue weighted by molar-refractivity contribution is -0.120. The molecule has 0 spiro atoms. The van der Waals surface area contributed by atoms with Crippen molar-refractivity contribution < 1.29 is 9.59 Å². The average molecular weight is 432 g/mol. The highest BCUT2D eigenvalue weighted by molar-refractivity contribution is 6.47. The predicted molar refractivity (Wildman–Crippen MR) is 122 cm³/mol. The Bertz CT molecular complexity index is 1130. The molecule has 0 atom stereocenters. The fourth-order valence-electron chi connectivity index (χ4n) is 3.77. The number of imide groups is 1. The van der Waals surface area contributed by atoms with Crippen LogP contribution in [0.3, 0.4) is 0 Å². The van der Waals surface area contributed by atoms with Crippen LogP contribution < -0.4 is 4.90 Å². The maximum Gasteiger partial charge on any atom is 0.282 e. The third-order valence-corrected chi connectivity index (χ3v) is 5.65. The zero-order chi connectivity index (χ0) is 21.8. The number of nitrogens with zero attached hydrogens (tertiary/aromatic N) is 3. The van der Waals surface area contributed by atoms with E-state index in [1.807, 2.05) is 54.3 Å². The lowest BCUT2D eigenvalue weighted by atomic mass is 10.0. The summed E-state index contributed by atoms with van der Waals surface area (Å²) in [4.78, 5) is 34.3. The lowest BCUT2D eigenvalue weighted by Crippen LogP contribution is -2.36. The number of amides is 2. The summed E-state index contributed by atoms with van der Waals surface area (Å²) in [6.45, 7) is 3.17. The largest absolute Gasteiger partial charge is 0.366 e. The third kappa shape index (κ3) is 4.09. The van der Waals surface area contributed by atoms with E-state index in [2.05, 4.69) is 4.98 Å². The molecule has 1 aliphatic rings. The summed E-state index contributed by atoms with van der Waals surface area (Å²) in [5.74, 6) is -0.713. The Morgan fingerprint density at radius 2 is 1.58 bits per heavy atom. The van der Waals surface area contributed by atoms with E-state index in [4.69, 9.17) is 11.6 Å². The van der Waals surface area contributed by atoms with Crippen LogP contribution in [0.1, 0.15) is 18.1 Å². The minimum Gasteiger partial charge on any atom is -0.366 e. The number of likely N-dealkylation sites (N-methyl/N-ethyl adjacent to an activating group) is 1. The minimum atomic E-state index is -0.360. The Morgan fingerprint density at radius 3 is 2.26 bits per heavy atom. The molecule has 1 aromatic heterocycles. The second-order valence-electron chi connectivity index (χ2n) is 7.17. The number of para-hydroxylation sites is 1. The number of anilines is 1. The van der Waals surface area contributed by atoms with Crippen LogP contribution in [-0.2, 0) is 16.0 Å². The highest BCUT2D eigenvalue weighted by Gasteiger charge is 2.42. The first-order valence-corrected chi connectivity index (χ1v) is 10.6. The molecule has 0 bridgehead atoms. The van der Waals surface area contributed by atoms with E-state index < -0.39 is 0 Å².